The topological polar surface area (TPSA) is 75.9 Å². The van der Waals surface area contributed by atoms with Crippen molar-refractivity contribution < 1.29 is 0 Å². The largest absolute Gasteiger partial charge is 0.350 e. The average Bonchev–Trinajstić information content (AvgIpc) is 2.98. The van der Waals surface area contributed by atoms with Gasteiger partial charge in [0.2, 0.25) is 0 Å². The van der Waals surface area contributed by atoms with Crippen LogP contribution in [0.1, 0.15) is 11.3 Å². The first-order valence-electron chi connectivity index (χ1n) is 7.89. The second-order valence-electron chi connectivity index (χ2n) is 5.70. The Labute approximate surface area is 158 Å². The van der Waals surface area contributed by atoms with E-state index in [2.05, 4.69) is 20.1 Å². The van der Waals surface area contributed by atoms with Gasteiger partial charge in [-0.2, -0.15) is 9.61 Å². The first-order valence-corrected chi connectivity index (χ1v) is 9.25. The maximum Gasteiger partial charge on any atom is 0.350 e. The molecule has 0 amide bonds. The Hall–Kier alpha value is -2.64. The van der Waals surface area contributed by atoms with Gasteiger partial charge in [-0.3, -0.25) is 9.97 Å². The fourth-order valence-electron chi connectivity index (χ4n) is 2.69. The molecule has 4 aromatic rings. The quantitative estimate of drug-likeness (QED) is 0.543. The number of nitrogens with zero attached hydrogens (tertiary/aromatic N) is 4. The molecule has 1 N–H and O–H groups in total. The van der Waals surface area contributed by atoms with Crippen molar-refractivity contribution in [1.29, 1.82) is 0 Å². The lowest BCUT2D eigenvalue weighted by Gasteiger charge is -2.03. The zero-order valence-electron chi connectivity index (χ0n) is 13.8. The van der Waals surface area contributed by atoms with Crippen LogP contribution in [0.4, 0.5) is 0 Å². The minimum Gasteiger partial charge on any atom is -0.285 e. The summed E-state index contributed by atoms with van der Waals surface area (Å²) in [6.45, 7) is 1.86. The van der Waals surface area contributed by atoms with Crippen LogP contribution >= 0.6 is 23.4 Å². The zero-order chi connectivity index (χ0) is 18.1. The number of aromatic nitrogens is 5. The van der Waals surface area contributed by atoms with Crippen molar-refractivity contribution >= 4 is 29.0 Å². The summed E-state index contributed by atoms with van der Waals surface area (Å²) in [6.07, 6.45) is 3.53. The smallest absolute Gasteiger partial charge is 0.285 e. The molecule has 0 atom stereocenters. The van der Waals surface area contributed by atoms with Gasteiger partial charge in [0.15, 0.2) is 10.8 Å². The van der Waals surface area contributed by atoms with Crippen LogP contribution in [0.15, 0.2) is 58.7 Å². The summed E-state index contributed by atoms with van der Waals surface area (Å²) in [5.41, 5.74) is 3.76. The Balaban J connectivity index is 1.76. The summed E-state index contributed by atoms with van der Waals surface area (Å²) in [6, 6.07) is 11.3. The molecule has 0 fully saturated rings. The van der Waals surface area contributed by atoms with Crippen LogP contribution in [0.25, 0.3) is 16.8 Å². The van der Waals surface area contributed by atoms with E-state index in [0.717, 1.165) is 22.4 Å². The van der Waals surface area contributed by atoms with Gasteiger partial charge in [0.05, 0.1) is 5.69 Å². The SMILES string of the molecule is Cc1nn2c(=O)[nH]c(SCc3cccnc3)nc2c1-c1ccc(Cl)cc1. The molecule has 1 aromatic carbocycles. The number of aryl methyl sites for hydroxylation is 1. The van der Waals surface area contributed by atoms with Crippen LogP contribution in [0, 0.1) is 6.92 Å². The van der Waals surface area contributed by atoms with E-state index >= 15 is 0 Å². The molecular weight excluding hydrogens is 370 g/mol. The summed E-state index contributed by atoms with van der Waals surface area (Å²) in [7, 11) is 0. The highest BCUT2D eigenvalue weighted by molar-refractivity contribution is 7.98. The molecule has 0 unspecified atom stereocenters. The van der Waals surface area contributed by atoms with Gasteiger partial charge in [-0.15, -0.1) is 0 Å². The number of fused-ring (bicyclic) bond motifs is 1. The van der Waals surface area contributed by atoms with Crippen molar-refractivity contribution in [2.24, 2.45) is 0 Å². The molecule has 0 radical (unpaired) electrons. The average molecular weight is 384 g/mol. The number of thioether (sulfide) groups is 1. The van der Waals surface area contributed by atoms with Crippen molar-refractivity contribution in [1.82, 2.24) is 24.6 Å². The second kappa shape index (κ2) is 6.93. The monoisotopic (exact) mass is 383 g/mol. The summed E-state index contributed by atoms with van der Waals surface area (Å²) in [5, 5.41) is 5.53. The van der Waals surface area contributed by atoms with Crippen molar-refractivity contribution in [2.75, 3.05) is 0 Å². The van der Waals surface area contributed by atoms with Gasteiger partial charge < -0.3 is 0 Å². The molecule has 3 heterocycles. The van der Waals surface area contributed by atoms with Gasteiger partial charge in [0.1, 0.15) is 0 Å². The number of halogens is 1. The number of aromatic amines is 1. The van der Waals surface area contributed by atoms with Crippen molar-refractivity contribution in [2.45, 2.75) is 17.8 Å². The molecule has 0 aliphatic rings. The van der Waals surface area contributed by atoms with E-state index in [-0.39, 0.29) is 5.69 Å². The second-order valence-corrected chi connectivity index (χ2v) is 7.10. The number of H-pyrrole nitrogens is 1. The van der Waals surface area contributed by atoms with E-state index in [1.807, 2.05) is 43.3 Å². The van der Waals surface area contributed by atoms with Gasteiger partial charge in [0.25, 0.3) is 0 Å². The van der Waals surface area contributed by atoms with Crippen LogP contribution in [-0.4, -0.2) is 24.6 Å². The van der Waals surface area contributed by atoms with Crippen LogP contribution in [0.2, 0.25) is 5.02 Å². The van der Waals surface area contributed by atoms with E-state index in [9.17, 15) is 4.79 Å². The highest BCUT2D eigenvalue weighted by Gasteiger charge is 2.16. The van der Waals surface area contributed by atoms with Crippen LogP contribution in [0.5, 0.6) is 0 Å². The minimum atomic E-state index is -0.313. The highest BCUT2D eigenvalue weighted by Crippen LogP contribution is 2.28. The summed E-state index contributed by atoms with van der Waals surface area (Å²) in [4.78, 5) is 23.9. The number of benzene rings is 1. The Morgan fingerprint density at radius 3 is 2.77 bits per heavy atom. The van der Waals surface area contributed by atoms with Gasteiger partial charge >= 0.3 is 5.69 Å². The van der Waals surface area contributed by atoms with Crippen molar-refractivity contribution in [3.05, 3.63) is 75.6 Å². The molecule has 0 spiro atoms. The molecule has 4 rings (SSSR count). The van der Waals surface area contributed by atoms with Gasteiger partial charge in [0, 0.05) is 28.7 Å². The van der Waals surface area contributed by atoms with E-state index in [4.69, 9.17) is 11.6 Å². The normalized spacial score (nSPS) is 11.2. The molecule has 0 saturated carbocycles. The van der Waals surface area contributed by atoms with Crippen LogP contribution in [0.3, 0.4) is 0 Å². The fraction of sp³-hybridized carbons (Fsp3) is 0.111. The van der Waals surface area contributed by atoms with Crippen molar-refractivity contribution in [3.8, 4) is 11.1 Å². The maximum absolute atomic E-state index is 12.4. The molecule has 8 heteroatoms. The molecule has 26 heavy (non-hydrogen) atoms. The Morgan fingerprint density at radius 2 is 2.04 bits per heavy atom. The standard InChI is InChI=1S/C18H14ClN5OS/c1-11-15(13-4-6-14(19)7-5-13)16-21-17(22-18(25)24(16)23-11)26-10-12-3-2-8-20-9-12/h2-9H,10H2,1H3,(H,21,22,25). The van der Waals surface area contributed by atoms with E-state index in [0.29, 0.717) is 21.6 Å². The van der Waals surface area contributed by atoms with E-state index in [1.54, 1.807) is 12.4 Å². The lowest BCUT2D eigenvalue weighted by atomic mass is 10.1. The molecule has 0 aliphatic heterocycles. The van der Waals surface area contributed by atoms with Gasteiger partial charge in [-0.1, -0.05) is 41.6 Å². The minimum absolute atomic E-state index is 0.313. The lowest BCUT2D eigenvalue weighted by Crippen LogP contribution is -2.19. The molecule has 0 bridgehead atoms. The maximum atomic E-state index is 12.4. The van der Waals surface area contributed by atoms with Crippen LogP contribution in [-0.2, 0) is 5.75 Å². The number of rotatable bonds is 4. The van der Waals surface area contributed by atoms with Gasteiger partial charge in [-0.05, 0) is 36.2 Å². The predicted octanol–water partition coefficient (Wildman–Crippen LogP) is 3.73. The molecule has 0 aliphatic carbocycles. The zero-order valence-corrected chi connectivity index (χ0v) is 15.4. The third-order valence-corrected chi connectivity index (χ3v) is 5.08. The molecular formula is C18H14ClN5OS. The predicted molar refractivity (Wildman–Crippen MR) is 103 cm³/mol. The third-order valence-electron chi connectivity index (χ3n) is 3.88. The summed E-state index contributed by atoms with van der Waals surface area (Å²) < 4.78 is 1.30. The van der Waals surface area contributed by atoms with E-state index < -0.39 is 0 Å². The lowest BCUT2D eigenvalue weighted by molar-refractivity contribution is 0.780. The number of pyridine rings is 1. The van der Waals surface area contributed by atoms with Crippen LogP contribution < -0.4 is 5.69 Å². The number of nitrogens with one attached hydrogen (secondary N) is 1. The molecule has 6 nitrogen and oxygen atoms in total. The first-order chi connectivity index (χ1) is 12.6. The highest BCUT2D eigenvalue weighted by atomic mass is 35.5. The summed E-state index contributed by atoms with van der Waals surface area (Å²) in [5.74, 6) is 0.663. The van der Waals surface area contributed by atoms with Gasteiger partial charge in [-0.25, -0.2) is 9.78 Å². The Kier molecular flexibility index (Phi) is 4.48. The van der Waals surface area contributed by atoms with E-state index in [1.165, 1.54) is 16.3 Å². The third kappa shape index (κ3) is 3.23. The first kappa shape index (κ1) is 16.8. The summed E-state index contributed by atoms with van der Waals surface area (Å²) >= 11 is 7.43. The fourth-order valence-corrected chi connectivity index (χ4v) is 3.60. The Morgan fingerprint density at radius 1 is 1.23 bits per heavy atom. The molecule has 0 saturated heterocycles. The molecule has 130 valence electrons. The Bertz CT molecular complexity index is 1120. The number of hydrogen-bond donors (Lipinski definition) is 1. The number of hydrogen-bond acceptors (Lipinski definition) is 5. The van der Waals surface area contributed by atoms with Crippen molar-refractivity contribution in [3.63, 3.8) is 0 Å². The molecule has 3 aromatic heterocycles.